The maximum atomic E-state index is 11.7. The lowest BCUT2D eigenvalue weighted by Gasteiger charge is -2.09. The zero-order valence-electron chi connectivity index (χ0n) is 14.4. The lowest BCUT2D eigenvalue weighted by Crippen LogP contribution is -2.02. The molecule has 0 unspecified atom stereocenters. The van der Waals surface area contributed by atoms with Crippen LogP contribution < -0.4 is 10.6 Å². The molecule has 0 fully saturated rings. The van der Waals surface area contributed by atoms with Crippen LogP contribution in [0.3, 0.4) is 0 Å². The summed E-state index contributed by atoms with van der Waals surface area (Å²) >= 11 is 0. The van der Waals surface area contributed by atoms with Gasteiger partial charge in [-0.25, -0.2) is 13.4 Å². The van der Waals surface area contributed by atoms with Crippen LogP contribution in [0.1, 0.15) is 11.3 Å². The van der Waals surface area contributed by atoms with Gasteiger partial charge in [0, 0.05) is 35.5 Å². The Labute approximate surface area is 150 Å². The van der Waals surface area contributed by atoms with Gasteiger partial charge in [-0.3, -0.25) is 5.10 Å². The number of aromatic amines is 1. The molecule has 9 nitrogen and oxygen atoms in total. The molecule has 1 aromatic carbocycles. The van der Waals surface area contributed by atoms with E-state index < -0.39 is 9.84 Å². The van der Waals surface area contributed by atoms with E-state index in [1.54, 1.807) is 12.3 Å². The highest BCUT2D eigenvalue weighted by Crippen LogP contribution is 2.25. The second kappa shape index (κ2) is 6.64. The second-order valence-corrected chi connectivity index (χ2v) is 7.84. The molecule has 2 aromatic heterocycles. The highest BCUT2D eigenvalue weighted by atomic mass is 32.2. The number of nitrogens with zero attached hydrogens (tertiary/aromatic N) is 3. The zero-order valence-corrected chi connectivity index (χ0v) is 15.2. The van der Waals surface area contributed by atoms with E-state index in [1.807, 2.05) is 13.8 Å². The number of hydrogen-bond donors (Lipinski definition) is 4. The van der Waals surface area contributed by atoms with Gasteiger partial charge < -0.3 is 15.7 Å². The molecule has 0 aliphatic heterocycles. The highest BCUT2D eigenvalue weighted by molar-refractivity contribution is 7.90. The molecular formula is C16H18N6O3S. The van der Waals surface area contributed by atoms with Gasteiger partial charge in [-0.2, -0.15) is 10.1 Å². The topological polar surface area (TPSA) is 133 Å². The number of anilines is 4. The number of aryl methyl sites for hydroxylation is 1. The second-order valence-electron chi connectivity index (χ2n) is 5.83. The van der Waals surface area contributed by atoms with E-state index in [9.17, 15) is 13.5 Å². The van der Waals surface area contributed by atoms with Crippen molar-refractivity contribution in [2.24, 2.45) is 0 Å². The molecule has 0 saturated heterocycles. The van der Waals surface area contributed by atoms with Crippen molar-refractivity contribution < 1.29 is 13.5 Å². The number of phenols is 1. The Kier molecular flexibility index (Phi) is 4.51. The molecule has 0 aliphatic rings. The Bertz CT molecular complexity index is 1060. The van der Waals surface area contributed by atoms with Crippen molar-refractivity contribution in [3.05, 3.63) is 41.7 Å². The summed E-state index contributed by atoms with van der Waals surface area (Å²) in [5, 5.41) is 22.8. The Morgan fingerprint density at radius 1 is 1.15 bits per heavy atom. The van der Waals surface area contributed by atoms with Crippen LogP contribution in [0.5, 0.6) is 5.75 Å². The van der Waals surface area contributed by atoms with Gasteiger partial charge in [0.05, 0.1) is 4.90 Å². The van der Waals surface area contributed by atoms with Crippen LogP contribution in [0.25, 0.3) is 0 Å². The van der Waals surface area contributed by atoms with Crippen LogP contribution in [-0.2, 0) is 9.84 Å². The van der Waals surface area contributed by atoms with E-state index in [4.69, 9.17) is 0 Å². The molecule has 2 heterocycles. The largest absolute Gasteiger partial charge is 0.508 e. The fraction of sp³-hybridized carbons (Fsp3) is 0.188. The van der Waals surface area contributed by atoms with Gasteiger partial charge in [0.2, 0.25) is 5.95 Å². The molecule has 0 bridgehead atoms. The van der Waals surface area contributed by atoms with Crippen molar-refractivity contribution in [2.75, 3.05) is 16.9 Å². The van der Waals surface area contributed by atoms with E-state index in [1.165, 1.54) is 18.2 Å². The molecule has 0 radical (unpaired) electrons. The Balaban J connectivity index is 1.85. The molecular weight excluding hydrogens is 356 g/mol. The SMILES string of the molecule is Cc1[nH]nc(Nc2ccnc(Nc3cc(O)cc(S(C)(=O)=O)c3)n2)c1C. The van der Waals surface area contributed by atoms with Gasteiger partial charge in [-0.05, 0) is 32.0 Å². The molecule has 0 atom stereocenters. The fourth-order valence-electron chi connectivity index (χ4n) is 2.22. The van der Waals surface area contributed by atoms with E-state index >= 15 is 0 Å². The number of phenolic OH excluding ortho intramolecular Hbond substituents is 1. The van der Waals surface area contributed by atoms with Crippen LogP contribution in [0.2, 0.25) is 0 Å². The van der Waals surface area contributed by atoms with Crippen molar-refractivity contribution in [3.63, 3.8) is 0 Å². The van der Waals surface area contributed by atoms with E-state index in [0.29, 0.717) is 17.3 Å². The smallest absolute Gasteiger partial charge is 0.229 e. The maximum absolute atomic E-state index is 11.7. The minimum Gasteiger partial charge on any atom is -0.508 e. The molecule has 0 amide bonds. The minimum absolute atomic E-state index is 0.00287. The summed E-state index contributed by atoms with van der Waals surface area (Å²) in [6, 6.07) is 5.65. The highest BCUT2D eigenvalue weighted by Gasteiger charge is 2.11. The standard InChI is InChI=1S/C16H18N6O3S/c1-9-10(2)21-22-15(9)19-14-4-5-17-16(20-14)18-11-6-12(23)8-13(7-11)26(3,24)25/h4-8,23H,1-3H3,(H3,17,18,19,20,21,22). The summed E-state index contributed by atoms with van der Waals surface area (Å²) in [6.07, 6.45) is 2.62. The van der Waals surface area contributed by atoms with Crippen LogP contribution >= 0.6 is 0 Å². The molecule has 0 spiro atoms. The van der Waals surface area contributed by atoms with Crippen molar-refractivity contribution in [2.45, 2.75) is 18.7 Å². The third-order valence-corrected chi connectivity index (χ3v) is 4.82. The number of benzene rings is 1. The summed E-state index contributed by atoms with van der Waals surface area (Å²) < 4.78 is 23.4. The predicted octanol–water partition coefficient (Wildman–Crippen LogP) is 2.41. The Morgan fingerprint density at radius 3 is 2.58 bits per heavy atom. The van der Waals surface area contributed by atoms with E-state index in [-0.39, 0.29) is 16.6 Å². The number of sulfone groups is 1. The summed E-state index contributed by atoms with van der Waals surface area (Å²) in [7, 11) is -3.46. The molecule has 4 N–H and O–H groups in total. The summed E-state index contributed by atoms with van der Waals surface area (Å²) in [5.41, 5.74) is 2.28. The van der Waals surface area contributed by atoms with Crippen LogP contribution in [0.4, 0.5) is 23.3 Å². The summed E-state index contributed by atoms with van der Waals surface area (Å²) in [6.45, 7) is 3.85. The van der Waals surface area contributed by atoms with Gasteiger partial charge in [0.25, 0.3) is 0 Å². The first kappa shape index (κ1) is 17.7. The first-order valence-electron chi connectivity index (χ1n) is 7.65. The molecule has 136 valence electrons. The first-order chi connectivity index (χ1) is 12.2. The van der Waals surface area contributed by atoms with Crippen molar-refractivity contribution >= 4 is 33.1 Å². The molecule has 0 saturated carbocycles. The van der Waals surface area contributed by atoms with Crippen molar-refractivity contribution in [1.29, 1.82) is 0 Å². The number of rotatable bonds is 5. The number of aromatic nitrogens is 4. The first-order valence-corrected chi connectivity index (χ1v) is 9.54. The zero-order chi connectivity index (χ0) is 18.9. The van der Waals surface area contributed by atoms with Crippen LogP contribution in [-0.4, -0.2) is 39.9 Å². The van der Waals surface area contributed by atoms with Gasteiger partial charge in [-0.1, -0.05) is 0 Å². The normalized spacial score (nSPS) is 11.3. The Hall–Kier alpha value is -3.14. The maximum Gasteiger partial charge on any atom is 0.229 e. The number of nitrogens with one attached hydrogen (secondary N) is 3. The average molecular weight is 374 g/mol. The average Bonchev–Trinajstić information content (AvgIpc) is 2.86. The van der Waals surface area contributed by atoms with Crippen molar-refractivity contribution in [3.8, 4) is 5.75 Å². The molecule has 3 rings (SSSR count). The van der Waals surface area contributed by atoms with E-state index in [0.717, 1.165) is 17.5 Å². The van der Waals surface area contributed by atoms with Gasteiger partial charge in [0.1, 0.15) is 11.6 Å². The van der Waals surface area contributed by atoms with Gasteiger partial charge >= 0.3 is 0 Å². The molecule has 26 heavy (non-hydrogen) atoms. The third kappa shape index (κ3) is 3.91. The van der Waals surface area contributed by atoms with Crippen LogP contribution in [0.15, 0.2) is 35.4 Å². The third-order valence-electron chi connectivity index (χ3n) is 3.73. The van der Waals surface area contributed by atoms with Crippen LogP contribution in [0, 0.1) is 13.8 Å². The summed E-state index contributed by atoms with van der Waals surface area (Å²) in [5.74, 6) is 1.24. The summed E-state index contributed by atoms with van der Waals surface area (Å²) in [4.78, 5) is 8.42. The van der Waals surface area contributed by atoms with E-state index in [2.05, 4.69) is 30.8 Å². The molecule has 3 aromatic rings. The number of hydrogen-bond acceptors (Lipinski definition) is 8. The predicted molar refractivity (Wildman–Crippen MR) is 97.9 cm³/mol. The fourth-order valence-corrected chi connectivity index (χ4v) is 2.89. The van der Waals surface area contributed by atoms with Crippen molar-refractivity contribution in [1.82, 2.24) is 20.2 Å². The monoisotopic (exact) mass is 374 g/mol. The minimum atomic E-state index is -3.46. The lowest BCUT2D eigenvalue weighted by molar-refractivity contribution is 0.473. The van der Waals surface area contributed by atoms with Gasteiger partial charge in [0.15, 0.2) is 15.7 Å². The number of H-pyrrole nitrogens is 1. The quantitative estimate of drug-likeness (QED) is 0.535. The number of aromatic hydroxyl groups is 1. The van der Waals surface area contributed by atoms with Gasteiger partial charge in [-0.15, -0.1) is 0 Å². The lowest BCUT2D eigenvalue weighted by atomic mass is 10.3. The molecule has 0 aliphatic carbocycles. The molecule has 10 heteroatoms. The Morgan fingerprint density at radius 2 is 1.92 bits per heavy atom.